The molecule has 0 fully saturated rings. The number of pyridine rings is 1. The average Bonchev–Trinajstić information content (AvgIpc) is 2.47. The van der Waals surface area contributed by atoms with Crippen molar-refractivity contribution in [3.05, 3.63) is 24.0 Å². The molecule has 0 aliphatic carbocycles. The second kappa shape index (κ2) is 2.66. The summed E-state index contributed by atoms with van der Waals surface area (Å²) in [5.41, 5.74) is -0.736. The Morgan fingerprint density at radius 3 is 2.69 bits per heavy atom. The molecule has 68 valence electrons. The fraction of sp³-hybridized carbons (Fsp3) is 0.143. The second-order valence-electron chi connectivity index (χ2n) is 2.44. The van der Waals surface area contributed by atoms with Crippen LogP contribution in [0.15, 0.2) is 18.5 Å². The van der Waals surface area contributed by atoms with Gasteiger partial charge >= 0.3 is 6.18 Å². The van der Waals surface area contributed by atoms with E-state index in [2.05, 4.69) is 9.36 Å². The van der Waals surface area contributed by atoms with Crippen molar-refractivity contribution in [1.82, 2.24) is 9.36 Å². The monoisotopic (exact) mass is 204 g/mol. The highest BCUT2D eigenvalue weighted by molar-refractivity contribution is 7.12. The first-order chi connectivity index (χ1) is 6.07. The SMILES string of the molecule is FC(F)(F)c1cnc2sncc2c1. The fourth-order valence-corrected chi connectivity index (χ4v) is 1.51. The van der Waals surface area contributed by atoms with Gasteiger partial charge in [0.1, 0.15) is 4.83 Å². The molecule has 0 saturated heterocycles. The number of rotatable bonds is 0. The highest BCUT2D eigenvalue weighted by Gasteiger charge is 2.31. The summed E-state index contributed by atoms with van der Waals surface area (Å²) in [4.78, 5) is 4.16. The first kappa shape index (κ1) is 8.43. The van der Waals surface area contributed by atoms with E-state index < -0.39 is 11.7 Å². The molecule has 2 heterocycles. The molecule has 0 aliphatic heterocycles. The molecule has 0 aromatic carbocycles. The van der Waals surface area contributed by atoms with E-state index in [9.17, 15) is 13.2 Å². The summed E-state index contributed by atoms with van der Waals surface area (Å²) in [6, 6.07) is 1.05. The van der Waals surface area contributed by atoms with Crippen LogP contribution in [0.25, 0.3) is 10.2 Å². The molecule has 2 nitrogen and oxygen atoms in total. The van der Waals surface area contributed by atoms with Gasteiger partial charge in [0.15, 0.2) is 0 Å². The van der Waals surface area contributed by atoms with Crippen LogP contribution in [0.3, 0.4) is 0 Å². The van der Waals surface area contributed by atoms with E-state index in [0.29, 0.717) is 10.2 Å². The van der Waals surface area contributed by atoms with Crippen molar-refractivity contribution in [2.75, 3.05) is 0 Å². The molecule has 0 saturated carbocycles. The molecular weight excluding hydrogens is 201 g/mol. The lowest BCUT2D eigenvalue weighted by Crippen LogP contribution is -2.04. The van der Waals surface area contributed by atoms with Crippen LogP contribution in [0.2, 0.25) is 0 Å². The maximum atomic E-state index is 12.2. The van der Waals surface area contributed by atoms with E-state index >= 15 is 0 Å². The minimum atomic E-state index is -4.33. The Morgan fingerprint density at radius 1 is 1.23 bits per heavy atom. The van der Waals surface area contributed by atoms with Gasteiger partial charge in [0, 0.05) is 11.6 Å². The predicted octanol–water partition coefficient (Wildman–Crippen LogP) is 2.71. The van der Waals surface area contributed by atoms with Gasteiger partial charge in [-0.25, -0.2) is 4.98 Å². The molecule has 6 heteroatoms. The van der Waals surface area contributed by atoms with Crippen LogP contribution in [-0.2, 0) is 6.18 Å². The second-order valence-corrected chi connectivity index (χ2v) is 3.22. The summed E-state index contributed by atoms with van der Waals surface area (Å²) in [5, 5.41) is 0.430. The van der Waals surface area contributed by atoms with Gasteiger partial charge in [-0.15, -0.1) is 0 Å². The van der Waals surface area contributed by atoms with Crippen LogP contribution >= 0.6 is 11.5 Å². The zero-order valence-electron chi connectivity index (χ0n) is 6.17. The Kier molecular flexibility index (Phi) is 1.73. The van der Waals surface area contributed by atoms with Gasteiger partial charge in [0.2, 0.25) is 0 Å². The summed E-state index contributed by atoms with van der Waals surface area (Å²) in [5.74, 6) is 0. The minimum absolute atomic E-state index is 0.430. The first-order valence-electron chi connectivity index (χ1n) is 3.35. The summed E-state index contributed by atoms with van der Waals surface area (Å²) >= 11 is 1.08. The fourth-order valence-electron chi connectivity index (χ4n) is 0.926. The Labute approximate surface area is 75.2 Å². The molecule has 2 rings (SSSR count). The van der Waals surface area contributed by atoms with Gasteiger partial charge in [-0.2, -0.15) is 17.5 Å². The summed E-state index contributed by atoms with van der Waals surface area (Å²) in [6.45, 7) is 0. The molecule has 0 amide bonds. The van der Waals surface area contributed by atoms with E-state index in [1.807, 2.05) is 0 Å². The lowest BCUT2D eigenvalue weighted by Gasteiger charge is -2.04. The average molecular weight is 204 g/mol. The minimum Gasteiger partial charge on any atom is -0.243 e. The smallest absolute Gasteiger partial charge is 0.243 e. The quantitative estimate of drug-likeness (QED) is 0.659. The number of halogens is 3. The molecule has 0 unspecified atom stereocenters. The van der Waals surface area contributed by atoms with Crippen molar-refractivity contribution < 1.29 is 13.2 Å². The third kappa shape index (κ3) is 1.49. The van der Waals surface area contributed by atoms with Crippen molar-refractivity contribution >= 4 is 21.7 Å². The zero-order chi connectivity index (χ0) is 9.47. The third-order valence-electron chi connectivity index (χ3n) is 1.54. The molecule has 0 radical (unpaired) electrons. The Morgan fingerprint density at radius 2 is 2.00 bits per heavy atom. The first-order valence-corrected chi connectivity index (χ1v) is 4.12. The van der Waals surface area contributed by atoms with E-state index in [-0.39, 0.29) is 0 Å². The third-order valence-corrected chi connectivity index (χ3v) is 2.26. The largest absolute Gasteiger partial charge is 0.417 e. The Hall–Kier alpha value is -1.17. The van der Waals surface area contributed by atoms with Crippen molar-refractivity contribution in [3.63, 3.8) is 0 Å². The number of alkyl halides is 3. The number of fused-ring (bicyclic) bond motifs is 1. The summed E-state index contributed by atoms with van der Waals surface area (Å²) in [6.07, 6.45) is -2.13. The van der Waals surface area contributed by atoms with Crippen LogP contribution < -0.4 is 0 Å². The topological polar surface area (TPSA) is 25.8 Å². The normalized spacial score (nSPS) is 12.2. The van der Waals surface area contributed by atoms with Gasteiger partial charge in [-0.1, -0.05) is 0 Å². The van der Waals surface area contributed by atoms with Gasteiger partial charge in [0.05, 0.1) is 11.8 Å². The Bertz CT molecular complexity index is 434. The van der Waals surface area contributed by atoms with E-state index in [4.69, 9.17) is 0 Å². The standard InChI is InChI=1S/C7H3F3N2S/c8-7(9,10)5-1-4-2-12-13-6(4)11-3-5/h1-3H. The van der Waals surface area contributed by atoms with E-state index in [1.54, 1.807) is 0 Å². The number of aromatic nitrogens is 2. The van der Waals surface area contributed by atoms with Gasteiger partial charge < -0.3 is 0 Å². The van der Waals surface area contributed by atoms with Crippen molar-refractivity contribution in [2.45, 2.75) is 6.18 Å². The molecule has 13 heavy (non-hydrogen) atoms. The van der Waals surface area contributed by atoms with Crippen LogP contribution in [0.5, 0.6) is 0 Å². The molecule has 0 spiro atoms. The van der Waals surface area contributed by atoms with Crippen LogP contribution in [-0.4, -0.2) is 9.36 Å². The van der Waals surface area contributed by atoms with Gasteiger partial charge in [0.25, 0.3) is 0 Å². The van der Waals surface area contributed by atoms with Crippen molar-refractivity contribution in [2.24, 2.45) is 0 Å². The van der Waals surface area contributed by atoms with Crippen LogP contribution in [0.1, 0.15) is 5.56 Å². The highest BCUT2D eigenvalue weighted by Crippen LogP contribution is 2.30. The summed E-state index contributed by atoms with van der Waals surface area (Å²) < 4.78 is 40.2. The molecular formula is C7H3F3N2S. The maximum Gasteiger partial charge on any atom is 0.417 e. The molecule has 0 atom stereocenters. The number of nitrogens with zero attached hydrogens (tertiary/aromatic N) is 2. The maximum absolute atomic E-state index is 12.2. The van der Waals surface area contributed by atoms with E-state index in [1.165, 1.54) is 6.20 Å². The molecule has 0 N–H and O–H groups in total. The lowest BCUT2D eigenvalue weighted by atomic mass is 10.2. The van der Waals surface area contributed by atoms with Crippen LogP contribution in [0.4, 0.5) is 13.2 Å². The zero-order valence-corrected chi connectivity index (χ0v) is 6.99. The lowest BCUT2D eigenvalue weighted by molar-refractivity contribution is -0.137. The highest BCUT2D eigenvalue weighted by atomic mass is 32.1. The van der Waals surface area contributed by atoms with Gasteiger partial charge in [-0.3, -0.25) is 0 Å². The molecule has 0 aliphatic rings. The molecule has 2 aromatic heterocycles. The predicted molar refractivity (Wildman–Crippen MR) is 42.4 cm³/mol. The number of hydrogen-bond acceptors (Lipinski definition) is 3. The molecule has 0 bridgehead atoms. The van der Waals surface area contributed by atoms with Crippen molar-refractivity contribution in [3.8, 4) is 0 Å². The Balaban J connectivity index is 2.61. The van der Waals surface area contributed by atoms with E-state index in [0.717, 1.165) is 23.8 Å². The molecule has 2 aromatic rings. The summed E-state index contributed by atoms with van der Waals surface area (Å²) in [7, 11) is 0. The van der Waals surface area contributed by atoms with Crippen molar-refractivity contribution in [1.29, 1.82) is 0 Å². The number of hydrogen-bond donors (Lipinski definition) is 0. The van der Waals surface area contributed by atoms with Gasteiger partial charge in [-0.05, 0) is 17.6 Å². The van der Waals surface area contributed by atoms with Crippen LogP contribution in [0, 0.1) is 0 Å².